The highest BCUT2D eigenvalue weighted by Crippen LogP contribution is 2.40. The van der Waals surface area contributed by atoms with Crippen LogP contribution in [0.1, 0.15) is 85.9 Å². The number of ether oxygens (including phenoxy) is 3. The molecule has 8 heteroatoms. The Labute approximate surface area is 199 Å². The van der Waals surface area contributed by atoms with Gasteiger partial charge in [-0.3, -0.25) is 4.68 Å². The summed E-state index contributed by atoms with van der Waals surface area (Å²) in [6.07, 6.45) is 3.14. The molecule has 2 fully saturated rings. The van der Waals surface area contributed by atoms with E-state index >= 15 is 0 Å². The van der Waals surface area contributed by atoms with E-state index in [1.54, 1.807) is 0 Å². The molecule has 0 aliphatic carbocycles. The van der Waals surface area contributed by atoms with Crippen molar-refractivity contribution >= 4 is 11.9 Å². The van der Waals surface area contributed by atoms with Crippen molar-refractivity contribution in [2.45, 2.75) is 104 Å². The lowest BCUT2D eigenvalue weighted by Crippen LogP contribution is -2.58. The third kappa shape index (κ3) is 6.01. The molecule has 0 atom stereocenters. The summed E-state index contributed by atoms with van der Waals surface area (Å²) < 4.78 is 19.9. The summed E-state index contributed by atoms with van der Waals surface area (Å²) in [5, 5.41) is 5.05. The number of carbonyl (C=O) groups excluding carboxylic acids is 1. The number of likely N-dealkylation sites (tertiary alicyclic amines) is 1. The fraction of sp³-hybridized carbons (Fsp3) is 0.840. The van der Waals surface area contributed by atoms with Crippen LogP contribution in [0.25, 0.3) is 0 Å². The van der Waals surface area contributed by atoms with Gasteiger partial charge in [0.25, 0.3) is 0 Å². The van der Waals surface area contributed by atoms with Gasteiger partial charge in [-0.05, 0) is 68.2 Å². The van der Waals surface area contributed by atoms with Crippen LogP contribution >= 0.6 is 0 Å². The first-order valence-electron chi connectivity index (χ1n) is 12.5. The first kappa shape index (κ1) is 25.8. The zero-order valence-corrected chi connectivity index (χ0v) is 21.9. The van der Waals surface area contributed by atoms with E-state index in [0.717, 1.165) is 43.7 Å². The monoisotopic (exact) mass is 464 g/mol. The van der Waals surface area contributed by atoms with Gasteiger partial charge in [0, 0.05) is 63.0 Å². The minimum absolute atomic E-state index is 0.145. The van der Waals surface area contributed by atoms with Gasteiger partial charge in [-0.1, -0.05) is 0 Å². The number of rotatable bonds is 6. The van der Waals surface area contributed by atoms with E-state index in [1.165, 1.54) is 0 Å². The minimum Gasteiger partial charge on any atom is -0.444 e. The minimum atomic E-state index is -0.518. The lowest BCUT2D eigenvalue weighted by atomic mass is 9.85. The lowest BCUT2D eigenvalue weighted by Gasteiger charge is -2.50. The Balaban J connectivity index is 1.68. The number of piperidine rings is 2. The Morgan fingerprint density at radius 3 is 2.24 bits per heavy atom. The molecule has 2 aliphatic rings. The summed E-state index contributed by atoms with van der Waals surface area (Å²) in [6.45, 7) is 19.9. The topological polar surface area (TPSA) is 69.1 Å². The van der Waals surface area contributed by atoms with Crippen molar-refractivity contribution in [2.75, 3.05) is 37.7 Å². The van der Waals surface area contributed by atoms with Gasteiger partial charge in [0.05, 0.1) is 6.04 Å². The van der Waals surface area contributed by atoms with Crippen LogP contribution in [-0.4, -0.2) is 70.5 Å². The maximum Gasteiger partial charge on any atom is 0.410 e. The maximum absolute atomic E-state index is 12.4. The fourth-order valence-corrected chi connectivity index (χ4v) is 5.26. The molecule has 0 unspecified atom stereocenters. The lowest BCUT2D eigenvalue weighted by molar-refractivity contribution is -0.252. The van der Waals surface area contributed by atoms with Crippen LogP contribution in [0.4, 0.5) is 10.6 Å². The van der Waals surface area contributed by atoms with Gasteiger partial charge in [0.15, 0.2) is 11.6 Å². The number of hydrogen-bond acceptors (Lipinski definition) is 6. The maximum atomic E-state index is 12.4. The fourth-order valence-electron chi connectivity index (χ4n) is 5.26. The smallest absolute Gasteiger partial charge is 0.410 e. The van der Waals surface area contributed by atoms with Gasteiger partial charge in [0.1, 0.15) is 5.60 Å². The quantitative estimate of drug-likeness (QED) is 0.557. The first-order valence-corrected chi connectivity index (χ1v) is 12.5. The standard InChI is InChI=1S/C25H44N4O4/c1-9-31-25(32-10-2)13-16-28(24(7,8)18-25)21-17-19(3)29(26-21)20-11-14-27(15-12-20)22(30)33-23(4,5)6/h17,20H,9-16,18H2,1-8H3. The average Bonchev–Trinajstić information content (AvgIpc) is 3.07. The Morgan fingerprint density at radius 1 is 1.12 bits per heavy atom. The summed E-state index contributed by atoms with van der Waals surface area (Å²) in [5.41, 5.74) is 0.543. The Hall–Kier alpha value is -1.80. The van der Waals surface area contributed by atoms with E-state index in [9.17, 15) is 4.79 Å². The summed E-state index contributed by atoms with van der Waals surface area (Å²) in [7, 11) is 0. The number of anilines is 1. The second-order valence-corrected chi connectivity index (χ2v) is 11.0. The van der Waals surface area contributed by atoms with Crippen molar-refractivity contribution in [2.24, 2.45) is 0 Å². The molecule has 188 valence electrons. The van der Waals surface area contributed by atoms with Gasteiger partial charge in [-0.2, -0.15) is 5.10 Å². The molecule has 0 saturated carbocycles. The van der Waals surface area contributed by atoms with Crippen LogP contribution in [0, 0.1) is 6.92 Å². The van der Waals surface area contributed by atoms with Crippen molar-refractivity contribution in [1.29, 1.82) is 0 Å². The Kier molecular flexibility index (Phi) is 7.68. The van der Waals surface area contributed by atoms with E-state index in [1.807, 2.05) is 39.5 Å². The van der Waals surface area contributed by atoms with Crippen molar-refractivity contribution in [3.63, 3.8) is 0 Å². The van der Waals surface area contributed by atoms with Crippen LogP contribution in [0.3, 0.4) is 0 Å². The molecule has 3 heterocycles. The molecule has 1 aromatic rings. The Morgan fingerprint density at radius 2 is 1.73 bits per heavy atom. The number of nitrogens with zero attached hydrogens (tertiary/aromatic N) is 4. The van der Waals surface area contributed by atoms with Crippen LogP contribution in [-0.2, 0) is 14.2 Å². The van der Waals surface area contributed by atoms with Gasteiger partial charge in [-0.25, -0.2) is 4.79 Å². The molecule has 1 amide bonds. The number of amides is 1. The first-order chi connectivity index (χ1) is 15.4. The van der Waals surface area contributed by atoms with Crippen molar-refractivity contribution < 1.29 is 19.0 Å². The SMILES string of the molecule is CCOC1(OCC)CCN(c2cc(C)n(C3CCN(C(=O)OC(C)(C)C)CC3)n2)C(C)(C)C1. The van der Waals surface area contributed by atoms with E-state index in [2.05, 4.69) is 36.4 Å². The molecule has 3 rings (SSSR count). The van der Waals surface area contributed by atoms with Crippen LogP contribution in [0.5, 0.6) is 0 Å². The van der Waals surface area contributed by atoms with Gasteiger partial charge >= 0.3 is 6.09 Å². The molecule has 33 heavy (non-hydrogen) atoms. The Bertz CT molecular complexity index is 800. The summed E-state index contributed by atoms with van der Waals surface area (Å²) in [6, 6.07) is 2.48. The highest BCUT2D eigenvalue weighted by atomic mass is 16.7. The van der Waals surface area contributed by atoms with Crippen molar-refractivity contribution in [1.82, 2.24) is 14.7 Å². The highest BCUT2D eigenvalue weighted by molar-refractivity contribution is 5.68. The predicted molar refractivity (Wildman–Crippen MR) is 130 cm³/mol. The van der Waals surface area contributed by atoms with E-state index < -0.39 is 11.4 Å². The molecular formula is C25H44N4O4. The molecule has 0 bridgehead atoms. The second kappa shape index (κ2) is 9.82. The number of hydrogen-bond donors (Lipinski definition) is 0. The second-order valence-electron chi connectivity index (χ2n) is 11.0. The number of carbonyl (C=O) groups is 1. The number of aryl methyl sites for hydroxylation is 1. The normalized spacial score (nSPS) is 21.3. The number of aromatic nitrogens is 2. The van der Waals surface area contributed by atoms with Crippen molar-refractivity contribution in [3.05, 3.63) is 11.8 Å². The largest absolute Gasteiger partial charge is 0.444 e. The third-order valence-electron chi connectivity index (χ3n) is 6.61. The summed E-state index contributed by atoms with van der Waals surface area (Å²) in [5.74, 6) is 0.490. The van der Waals surface area contributed by atoms with Gasteiger partial charge < -0.3 is 24.0 Å². The molecule has 0 radical (unpaired) electrons. The van der Waals surface area contributed by atoms with Gasteiger partial charge in [0.2, 0.25) is 0 Å². The molecule has 0 aromatic carbocycles. The molecule has 1 aromatic heterocycles. The molecule has 8 nitrogen and oxygen atoms in total. The molecule has 0 spiro atoms. The van der Waals surface area contributed by atoms with E-state index in [0.29, 0.717) is 26.3 Å². The van der Waals surface area contributed by atoms with Crippen LogP contribution in [0.15, 0.2) is 6.07 Å². The molecule has 2 aliphatic heterocycles. The zero-order valence-electron chi connectivity index (χ0n) is 21.9. The average molecular weight is 465 g/mol. The molecule has 0 N–H and O–H groups in total. The van der Waals surface area contributed by atoms with Gasteiger partial charge in [-0.15, -0.1) is 0 Å². The highest BCUT2D eigenvalue weighted by Gasteiger charge is 2.46. The summed E-state index contributed by atoms with van der Waals surface area (Å²) >= 11 is 0. The molecular weight excluding hydrogens is 420 g/mol. The molecule has 2 saturated heterocycles. The van der Waals surface area contributed by atoms with E-state index in [4.69, 9.17) is 19.3 Å². The van der Waals surface area contributed by atoms with Crippen LogP contribution in [0.2, 0.25) is 0 Å². The van der Waals surface area contributed by atoms with E-state index in [-0.39, 0.29) is 17.7 Å². The summed E-state index contributed by atoms with van der Waals surface area (Å²) in [4.78, 5) is 16.6. The van der Waals surface area contributed by atoms with Crippen molar-refractivity contribution in [3.8, 4) is 0 Å². The zero-order chi connectivity index (χ0) is 24.4. The predicted octanol–water partition coefficient (Wildman–Crippen LogP) is 4.91. The third-order valence-corrected chi connectivity index (χ3v) is 6.61. The van der Waals surface area contributed by atoms with Crippen LogP contribution < -0.4 is 4.90 Å².